The van der Waals surface area contributed by atoms with Crippen molar-refractivity contribution in [2.24, 2.45) is 0 Å². The van der Waals surface area contributed by atoms with Crippen molar-refractivity contribution >= 4 is 17.5 Å². The number of quaternary nitrogens is 1. The van der Waals surface area contributed by atoms with Crippen LogP contribution in [0.1, 0.15) is 22.2 Å². The summed E-state index contributed by atoms with van der Waals surface area (Å²) in [5.41, 5.74) is 1.45. The van der Waals surface area contributed by atoms with Crippen molar-refractivity contribution in [3.8, 4) is 0 Å². The van der Waals surface area contributed by atoms with Crippen LogP contribution in [0.25, 0.3) is 0 Å². The molecule has 4 rings (SSSR count). The molecule has 30 heavy (non-hydrogen) atoms. The fourth-order valence-corrected chi connectivity index (χ4v) is 3.81. The number of anilines is 1. The van der Waals surface area contributed by atoms with Crippen LogP contribution < -0.4 is 10.2 Å². The first-order chi connectivity index (χ1) is 14.6. The molecule has 7 heteroatoms. The van der Waals surface area contributed by atoms with Crippen LogP contribution in [0.4, 0.5) is 10.1 Å². The summed E-state index contributed by atoms with van der Waals surface area (Å²) in [7, 11) is 0. The van der Waals surface area contributed by atoms with Gasteiger partial charge in [0, 0.05) is 11.3 Å². The molecule has 1 fully saturated rings. The quantitative estimate of drug-likeness (QED) is 0.680. The van der Waals surface area contributed by atoms with Crippen molar-refractivity contribution in [3.63, 3.8) is 0 Å². The van der Waals surface area contributed by atoms with Gasteiger partial charge in [-0.05, 0) is 36.4 Å². The maximum Gasteiger partial charge on any atom is 0.289 e. The minimum atomic E-state index is -0.433. The first-order valence-electron chi connectivity index (χ1n) is 9.90. The highest BCUT2D eigenvalue weighted by atomic mass is 19.1. The first kappa shape index (κ1) is 19.8. The number of benzene rings is 2. The van der Waals surface area contributed by atoms with Gasteiger partial charge in [0.15, 0.2) is 11.8 Å². The van der Waals surface area contributed by atoms with E-state index in [9.17, 15) is 14.0 Å². The molecule has 0 unspecified atom stereocenters. The molecule has 2 amide bonds. The van der Waals surface area contributed by atoms with Crippen molar-refractivity contribution in [2.75, 3.05) is 31.5 Å². The Kier molecular flexibility index (Phi) is 5.90. The van der Waals surface area contributed by atoms with Gasteiger partial charge in [0.05, 0.1) is 32.4 Å². The molecule has 3 aromatic rings. The Morgan fingerprint density at radius 2 is 1.67 bits per heavy atom. The van der Waals surface area contributed by atoms with Crippen LogP contribution in [0, 0.1) is 5.82 Å². The zero-order chi connectivity index (χ0) is 20.9. The lowest BCUT2D eigenvalue weighted by molar-refractivity contribution is -0.925. The number of furan rings is 1. The molecule has 2 N–H and O–H groups in total. The molecule has 0 spiro atoms. The summed E-state index contributed by atoms with van der Waals surface area (Å²) in [6.45, 7) is 2.32. The SMILES string of the molecule is O=C(Nc1ccc(F)cc1)[C@H](c1ccccc1)[NH+]1CCN(C(=O)c2ccco2)CC1. The van der Waals surface area contributed by atoms with E-state index >= 15 is 0 Å². The zero-order valence-electron chi connectivity index (χ0n) is 16.4. The summed E-state index contributed by atoms with van der Waals surface area (Å²) >= 11 is 0. The molecule has 0 radical (unpaired) electrons. The van der Waals surface area contributed by atoms with Gasteiger partial charge in [0.2, 0.25) is 0 Å². The Balaban J connectivity index is 1.49. The monoisotopic (exact) mass is 408 g/mol. The molecule has 2 aromatic carbocycles. The minimum absolute atomic E-state index is 0.133. The second kappa shape index (κ2) is 8.92. The molecule has 1 saturated heterocycles. The van der Waals surface area contributed by atoms with E-state index in [1.165, 1.54) is 18.4 Å². The summed E-state index contributed by atoms with van der Waals surface area (Å²) in [6.07, 6.45) is 1.49. The molecular weight excluding hydrogens is 385 g/mol. The van der Waals surface area contributed by atoms with E-state index in [4.69, 9.17) is 4.42 Å². The topological polar surface area (TPSA) is 67.0 Å². The third kappa shape index (κ3) is 4.41. The third-order valence-electron chi connectivity index (χ3n) is 5.34. The number of halogens is 1. The Hall–Kier alpha value is -3.45. The third-order valence-corrected chi connectivity index (χ3v) is 5.34. The number of rotatable bonds is 5. The summed E-state index contributed by atoms with van der Waals surface area (Å²) in [5, 5.41) is 2.90. The number of nitrogens with zero attached hydrogens (tertiary/aromatic N) is 1. The zero-order valence-corrected chi connectivity index (χ0v) is 16.4. The number of carbonyl (C=O) groups excluding carboxylic acids is 2. The fourth-order valence-electron chi connectivity index (χ4n) is 3.81. The van der Waals surface area contributed by atoms with Gasteiger partial charge in [-0.1, -0.05) is 30.3 Å². The van der Waals surface area contributed by atoms with Crippen molar-refractivity contribution in [2.45, 2.75) is 6.04 Å². The standard InChI is InChI=1S/C23H22FN3O3/c24-18-8-10-19(11-9-18)25-22(28)21(17-5-2-1-3-6-17)26-12-14-27(15-13-26)23(29)20-7-4-16-30-20/h1-11,16,21H,12-15H2,(H,25,28)/p+1/t21-/m0/s1. The predicted octanol–water partition coefficient (Wildman–Crippen LogP) is 2.14. The van der Waals surface area contributed by atoms with E-state index in [0.29, 0.717) is 37.6 Å². The molecular formula is C23H23FN3O3+. The van der Waals surface area contributed by atoms with Gasteiger partial charge in [-0.25, -0.2) is 4.39 Å². The number of carbonyl (C=O) groups is 2. The van der Waals surface area contributed by atoms with Gasteiger partial charge < -0.3 is 19.5 Å². The van der Waals surface area contributed by atoms with Gasteiger partial charge in [0.1, 0.15) is 5.82 Å². The van der Waals surface area contributed by atoms with Crippen LogP contribution >= 0.6 is 0 Å². The molecule has 0 aliphatic carbocycles. The van der Waals surface area contributed by atoms with Crippen LogP contribution in [0.2, 0.25) is 0 Å². The highest BCUT2D eigenvalue weighted by Gasteiger charge is 2.35. The van der Waals surface area contributed by atoms with Crippen LogP contribution in [-0.4, -0.2) is 42.9 Å². The second-order valence-electron chi connectivity index (χ2n) is 7.27. The van der Waals surface area contributed by atoms with Gasteiger partial charge in [0.25, 0.3) is 11.8 Å². The van der Waals surface area contributed by atoms with Crippen LogP contribution in [0.15, 0.2) is 77.4 Å². The Morgan fingerprint density at radius 3 is 2.30 bits per heavy atom. The number of piperazine rings is 1. The average Bonchev–Trinajstić information content (AvgIpc) is 3.31. The van der Waals surface area contributed by atoms with Gasteiger partial charge in [-0.3, -0.25) is 9.59 Å². The minimum Gasteiger partial charge on any atom is -0.459 e. The van der Waals surface area contributed by atoms with E-state index < -0.39 is 6.04 Å². The van der Waals surface area contributed by atoms with Crippen LogP contribution in [0.5, 0.6) is 0 Å². The Bertz CT molecular complexity index is 982. The molecule has 1 aromatic heterocycles. The molecule has 154 valence electrons. The van der Waals surface area contributed by atoms with Crippen molar-refractivity contribution in [1.29, 1.82) is 0 Å². The van der Waals surface area contributed by atoms with Gasteiger partial charge in [-0.2, -0.15) is 0 Å². The highest BCUT2D eigenvalue weighted by Crippen LogP contribution is 2.15. The van der Waals surface area contributed by atoms with Crippen molar-refractivity contribution < 1.29 is 23.3 Å². The van der Waals surface area contributed by atoms with Crippen molar-refractivity contribution in [1.82, 2.24) is 4.90 Å². The summed E-state index contributed by atoms with van der Waals surface area (Å²) in [6, 6.07) is 18.2. The smallest absolute Gasteiger partial charge is 0.289 e. The number of hydrogen-bond donors (Lipinski definition) is 2. The second-order valence-corrected chi connectivity index (χ2v) is 7.27. The molecule has 2 heterocycles. The van der Waals surface area contributed by atoms with E-state index in [0.717, 1.165) is 10.5 Å². The molecule has 0 saturated carbocycles. The van der Waals surface area contributed by atoms with Crippen LogP contribution in [0.3, 0.4) is 0 Å². The number of amides is 2. The van der Waals surface area contributed by atoms with E-state index in [-0.39, 0.29) is 17.6 Å². The summed E-state index contributed by atoms with van der Waals surface area (Å²) in [5.74, 6) is -0.317. The van der Waals surface area contributed by atoms with Crippen LogP contribution in [-0.2, 0) is 4.79 Å². The summed E-state index contributed by atoms with van der Waals surface area (Å²) in [4.78, 5) is 28.5. The lowest BCUT2D eigenvalue weighted by Gasteiger charge is -2.35. The highest BCUT2D eigenvalue weighted by molar-refractivity contribution is 5.94. The maximum atomic E-state index is 13.2. The van der Waals surface area contributed by atoms with Gasteiger partial charge in [-0.15, -0.1) is 0 Å². The fraction of sp³-hybridized carbons (Fsp3) is 0.217. The van der Waals surface area contributed by atoms with E-state index in [1.807, 2.05) is 30.3 Å². The number of hydrogen-bond acceptors (Lipinski definition) is 3. The molecule has 1 aliphatic heterocycles. The normalized spacial score (nSPS) is 15.6. The molecule has 0 bridgehead atoms. The first-order valence-corrected chi connectivity index (χ1v) is 9.90. The summed E-state index contributed by atoms with van der Waals surface area (Å²) < 4.78 is 18.4. The number of nitrogens with one attached hydrogen (secondary N) is 2. The molecule has 1 aliphatic rings. The molecule has 6 nitrogen and oxygen atoms in total. The lowest BCUT2D eigenvalue weighted by Crippen LogP contribution is -3.16. The largest absolute Gasteiger partial charge is 0.459 e. The Morgan fingerprint density at radius 1 is 0.967 bits per heavy atom. The lowest BCUT2D eigenvalue weighted by atomic mass is 10.0. The average molecular weight is 408 g/mol. The van der Waals surface area contributed by atoms with E-state index in [1.54, 1.807) is 29.2 Å². The van der Waals surface area contributed by atoms with E-state index in [2.05, 4.69) is 5.32 Å². The predicted molar refractivity (Wildman–Crippen MR) is 110 cm³/mol. The molecule has 1 atom stereocenters. The Labute approximate surface area is 173 Å². The maximum absolute atomic E-state index is 13.2. The van der Waals surface area contributed by atoms with Gasteiger partial charge >= 0.3 is 0 Å². The van der Waals surface area contributed by atoms with Crippen molar-refractivity contribution in [3.05, 3.63) is 90.1 Å².